The Balaban J connectivity index is 1.65. The Kier molecular flexibility index (Phi) is 7.11. The van der Waals surface area contributed by atoms with E-state index in [1.54, 1.807) is 17.5 Å². The lowest BCUT2D eigenvalue weighted by Crippen LogP contribution is -2.33. The van der Waals surface area contributed by atoms with Crippen molar-refractivity contribution in [3.63, 3.8) is 0 Å². The fraction of sp³-hybridized carbons (Fsp3) is 0.190. The van der Waals surface area contributed by atoms with Gasteiger partial charge < -0.3 is 14.6 Å². The zero-order valence-electron chi connectivity index (χ0n) is 17.1. The number of benzene rings is 2. The van der Waals surface area contributed by atoms with Gasteiger partial charge in [0.15, 0.2) is 15.0 Å². The molecule has 0 aliphatic heterocycles. The molecule has 2 N–H and O–H groups in total. The SMILES string of the molecule is Cc1csc(NC(=O)c2cccc(OC(COc3ccc(S(C)(=O)=O)cc3)C(=O)O)c2)n1. The number of carboxylic acid groups (broad SMARTS) is 1. The lowest BCUT2D eigenvalue weighted by Gasteiger charge is -2.16. The molecule has 0 aliphatic carbocycles. The molecule has 0 saturated carbocycles. The first-order valence-electron chi connectivity index (χ1n) is 9.28. The second-order valence-corrected chi connectivity index (χ2v) is 9.65. The maximum Gasteiger partial charge on any atom is 0.348 e. The van der Waals surface area contributed by atoms with E-state index < -0.39 is 27.8 Å². The maximum absolute atomic E-state index is 12.4. The number of aryl methyl sites for hydroxylation is 1. The van der Waals surface area contributed by atoms with E-state index in [0.717, 1.165) is 11.9 Å². The second-order valence-electron chi connectivity index (χ2n) is 6.78. The number of hydrogen-bond acceptors (Lipinski definition) is 8. The molecule has 0 fully saturated rings. The number of carbonyl (C=O) groups excluding carboxylic acids is 1. The molecule has 2 aromatic carbocycles. The van der Waals surface area contributed by atoms with Gasteiger partial charge in [-0.05, 0) is 49.4 Å². The molecule has 1 atom stereocenters. The molecular formula is C21H20N2O7S2. The van der Waals surface area contributed by atoms with Crippen LogP contribution in [-0.2, 0) is 14.6 Å². The van der Waals surface area contributed by atoms with Crippen LogP contribution in [0, 0.1) is 6.92 Å². The van der Waals surface area contributed by atoms with Crippen molar-refractivity contribution in [3.8, 4) is 11.5 Å². The van der Waals surface area contributed by atoms with E-state index >= 15 is 0 Å². The molecule has 1 amide bonds. The third kappa shape index (κ3) is 6.28. The van der Waals surface area contributed by atoms with Gasteiger partial charge in [-0.15, -0.1) is 11.3 Å². The molecule has 9 nitrogen and oxygen atoms in total. The van der Waals surface area contributed by atoms with Crippen LogP contribution in [-0.4, -0.2) is 49.4 Å². The topological polar surface area (TPSA) is 132 Å². The molecule has 0 saturated heterocycles. The molecule has 168 valence electrons. The summed E-state index contributed by atoms with van der Waals surface area (Å²) in [5, 5.41) is 14.4. The minimum Gasteiger partial charge on any atom is -0.489 e. The molecule has 3 aromatic rings. The van der Waals surface area contributed by atoms with Crippen molar-refractivity contribution in [1.29, 1.82) is 0 Å². The zero-order valence-corrected chi connectivity index (χ0v) is 18.8. The molecule has 0 spiro atoms. The van der Waals surface area contributed by atoms with Gasteiger partial charge in [-0.1, -0.05) is 6.07 Å². The summed E-state index contributed by atoms with van der Waals surface area (Å²) in [5.41, 5.74) is 1.06. The van der Waals surface area contributed by atoms with Gasteiger partial charge in [0.1, 0.15) is 18.1 Å². The van der Waals surface area contributed by atoms with Gasteiger partial charge in [0.25, 0.3) is 5.91 Å². The van der Waals surface area contributed by atoms with Crippen molar-refractivity contribution in [2.45, 2.75) is 17.9 Å². The normalized spacial score (nSPS) is 12.1. The number of hydrogen-bond donors (Lipinski definition) is 2. The number of aromatic nitrogens is 1. The summed E-state index contributed by atoms with van der Waals surface area (Å²) in [6.07, 6.45) is -0.270. The van der Waals surface area contributed by atoms with Gasteiger partial charge in [0, 0.05) is 17.2 Å². The number of carbonyl (C=O) groups is 2. The van der Waals surface area contributed by atoms with Crippen LogP contribution in [0.4, 0.5) is 5.13 Å². The molecule has 0 bridgehead atoms. The summed E-state index contributed by atoms with van der Waals surface area (Å²) in [5.74, 6) is -1.19. The van der Waals surface area contributed by atoms with E-state index in [0.29, 0.717) is 10.9 Å². The van der Waals surface area contributed by atoms with Crippen LogP contribution < -0.4 is 14.8 Å². The molecular weight excluding hydrogens is 456 g/mol. The van der Waals surface area contributed by atoms with Crippen LogP contribution in [0.2, 0.25) is 0 Å². The molecule has 1 heterocycles. The lowest BCUT2D eigenvalue weighted by molar-refractivity contribution is -0.146. The van der Waals surface area contributed by atoms with Crippen LogP contribution in [0.25, 0.3) is 0 Å². The molecule has 0 aliphatic rings. The summed E-state index contributed by atoms with van der Waals surface area (Å²) in [7, 11) is -3.35. The van der Waals surface area contributed by atoms with Crippen molar-refractivity contribution in [3.05, 3.63) is 65.2 Å². The molecule has 3 rings (SSSR count). The van der Waals surface area contributed by atoms with Gasteiger partial charge in [-0.25, -0.2) is 18.2 Å². The smallest absolute Gasteiger partial charge is 0.348 e. The first kappa shape index (κ1) is 23.2. The number of amides is 1. The number of sulfone groups is 1. The molecule has 1 unspecified atom stereocenters. The molecule has 0 radical (unpaired) electrons. The monoisotopic (exact) mass is 476 g/mol. The highest BCUT2D eigenvalue weighted by atomic mass is 32.2. The zero-order chi connectivity index (χ0) is 23.3. The van der Waals surface area contributed by atoms with Gasteiger partial charge in [-0.3, -0.25) is 10.1 Å². The minimum atomic E-state index is -3.35. The van der Waals surface area contributed by atoms with Crippen molar-refractivity contribution >= 4 is 38.2 Å². The fourth-order valence-electron chi connectivity index (χ4n) is 2.57. The second kappa shape index (κ2) is 9.79. The van der Waals surface area contributed by atoms with E-state index in [-0.39, 0.29) is 22.8 Å². The Morgan fingerprint density at radius 1 is 1.16 bits per heavy atom. The predicted molar refractivity (Wildman–Crippen MR) is 118 cm³/mol. The number of aliphatic carboxylic acids is 1. The summed E-state index contributed by atoms with van der Waals surface area (Å²) in [6.45, 7) is 1.48. The van der Waals surface area contributed by atoms with Crippen molar-refractivity contribution in [2.75, 3.05) is 18.2 Å². The Morgan fingerprint density at radius 3 is 2.47 bits per heavy atom. The average molecular weight is 477 g/mol. The lowest BCUT2D eigenvalue weighted by atomic mass is 10.2. The number of rotatable bonds is 9. The van der Waals surface area contributed by atoms with Gasteiger partial charge in [-0.2, -0.15) is 0 Å². The van der Waals surface area contributed by atoms with Crippen LogP contribution in [0.15, 0.2) is 58.8 Å². The highest BCUT2D eigenvalue weighted by Gasteiger charge is 2.21. The molecule has 32 heavy (non-hydrogen) atoms. The first-order chi connectivity index (χ1) is 15.1. The standard InChI is InChI=1S/C21H20N2O7S2/c1-13-12-31-21(22-13)23-19(24)14-4-3-5-16(10-14)30-18(20(25)26)11-29-15-6-8-17(9-7-15)32(2,27)28/h3-10,12,18H,11H2,1-2H3,(H,25,26)(H,22,23,24). The van der Waals surface area contributed by atoms with Gasteiger partial charge in [0.05, 0.1) is 10.6 Å². The van der Waals surface area contributed by atoms with Crippen LogP contribution in [0.3, 0.4) is 0 Å². The van der Waals surface area contributed by atoms with Gasteiger partial charge in [0.2, 0.25) is 6.10 Å². The number of nitrogens with one attached hydrogen (secondary N) is 1. The Morgan fingerprint density at radius 2 is 1.88 bits per heavy atom. The highest BCUT2D eigenvalue weighted by molar-refractivity contribution is 7.90. The number of anilines is 1. The summed E-state index contributed by atoms with van der Waals surface area (Å²) < 4.78 is 34.0. The van der Waals surface area contributed by atoms with Crippen LogP contribution in [0.1, 0.15) is 16.1 Å². The first-order valence-corrected chi connectivity index (χ1v) is 12.0. The third-order valence-corrected chi connectivity index (χ3v) is 6.15. The summed E-state index contributed by atoms with van der Waals surface area (Å²) in [6, 6.07) is 11.7. The Labute approximate surface area is 188 Å². The third-order valence-electron chi connectivity index (χ3n) is 4.14. The fourth-order valence-corrected chi connectivity index (χ4v) is 3.88. The van der Waals surface area contributed by atoms with E-state index in [2.05, 4.69) is 10.3 Å². The van der Waals surface area contributed by atoms with Crippen molar-refractivity contribution < 1.29 is 32.6 Å². The number of thiazole rings is 1. The van der Waals surface area contributed by atoms with E-state index in [9.17, 15) is 23.1 Å². The Hall–Kier alpha value is -3.44. The quantitative estimate of drug-likeness (QED) is 0.482. The van der Waals surface area contributed by atoms with Gasteiger partial charge >= 0.3 is 5.97 Å². The van der Waals surface area contributed by atoms with E-state index in [1.165, 1.54) is 47.7 Å². The highest BCUT2D eigenvalue weighted by Crippen LogP contribution is 2.20. The van der Waals surface area contributed by atoms with Crippen molar-refractivity contribution in [1.82, 2.24) is 4.98 Å². The Bertz CT molecular complexity index is 1220. The van der Waals surface area contributed by atoms with E-state index in [4.69, 9.17) is 9.47 Å². The molecule has 11 heteroatoms. The minimum absolute atomic E-state index is 0.124. The average Bonchev–Trinajstić information content (AvgIpc) is 3.15. The summed E-state index contributed by atoms with van der Waals surface area (Å²) in [4.78, 5) is 28.3. The largest absolute Gasteiger partial charge is 0.489 e. The van der Waals surface area contributed by atoms with E-state index in [1.807, 2.05) is 6.92 Å². The number of nitrogens with zero attached hydrogens (tertiary/aromatic N) is 1. The predicted octanol–water partition coefficient (Wildman–Crippen LogP) is 3.02. The van der Waals surface area contributed by atoms with Crippen molar-refractivity contribution in [2.24, 2.45) is 0 Å². The maximum atomic E-state index is 12.4. The summed E-state index contributed by atoms with van der Waals surface area (Å²) >= 11 is 1.30. The number of carboxylic acids is 1. The van der Waals surface area contributed by atoms with Crippen LogP contribution in [0.5, 0.6) is 11.5 Å². The van der Waals surface area contributed by atoms with Crippen LogP contribution >= 0.6 is 11.3 Å². The number of ether oxygens (including phenoxy) is 2. The molecule has 1 aromatic heterocycles.